The van der Waals surface area contributed by atoms with Crippen LogP contribution in [0.2, 0.25) is 5.02 Å². The van der Waals surface area contributed by atoms with E-state index in [1.165, 1.54) is 11.0 Å². The molecule has 0 aliphatic carbocycles. The maximum Gasteiger partial charge on any atom is 0.261 e. The first-order valence-electron chi connectivity index (χ1n) is 11.2. The van der Waals surface area contributed by atoms with Gasteiger partial charge in [0, 0.05) is 25.1 Å². The monoisotopic (exact) mass is 482 g/mol. The number of rotatable bonds is 11. The SMILES string of the molecule is CCCNC(=O)[C@@H](Cc1ccccc1)N(Cc1ccccc1F)C(=O)COc1ccccc1Cl. The predicted molar refractivity (Wildman–Crippen MR) is 131 cm³/mol. The molecular formula is C27H28ClFN2O3. The van der Waals surface area contributed by atoms with Crippen LogP contribution in [0, 0.1) is 5.82 Å². The first-order valence-corrected chi connectivity index (χ1v) is 11.6. The number of hydrogen-bond acceptors (Lipinski definition) is 3. The van der Waals surface area contributed by atoms with Gasteiger partial charge in [-0.3, -0.25) is 9.59 Å². The molecule has 0 radical (unpaired) electrons. The Hall–Kier alpha value is -3.38. The second-order valence-electron chi connectivity index (χ2n) is 7.83. The van der Waals surface area contributed by atoms with Gasteiger partial charge in [0.05, 0.1) is 5.02 Å². The van der Waals surface area contributed by atoms with Gasteiger partial charge in [0.1, 0.15) is 17.6 Å². The fourth-order valence-electron chi connectivity index (χ4n) is 3.51. The lowest BCUT2D eigenvalue weighted by Gasteiger charge is -2.31. The molecule has 178 valence electrons. The molecule has 7 heteroatoms. The van der Waals surface area contributed by atoms with Crippen molar-refractivity contribution in [3.05, 3.63) is 101 Å². The van der Waals surface area contributed by atoms with Gasteiger partial charge in [0.2, 0.25) is 5.91 Å². The van der Waals surface area contributed by atoms with E-state index in [-0.39, 0.29) is 25.5 Å². The zero-order chi connectivity index (χ0) is 24.3. The summed E-state index contributed by atoms with van der Waals surface area (Å²) in [5.74, 6) is -0.831. The Morgan fingerprint density at radius 2 is 1.68 bits per heavy atom. The molecule has 0 saturated carbocycles. The maximum atomic E-state index is 14.5. The lowest BCUT2D eigenvalue weighted by Crippen LogP contribution is -2.52. The second-order valence-corrected chi connectivity index (χ2v) is 8.24. The van der Waals surface area contributed by atoms with Crippen molar-refractivity contribution >= 4 is 23.4 Å². The standard InChI is InChI=1S/C27H28ClFN2O3/c1-2-16-30-27(33)24(17-20-10-4-3-5-11-20)31(18-21-12-6-8-14-23(21)29)26(32)19-34-25-15-9-7-13-22(25)28/h3-15,24H,2,16-19H2,1H3,(H,30,33)/t24-/m1/s1. The number of ether oxygens (including phenoxy) is 1. The molecule has 0 aromatic heterocycles. The van der Waals surface area contributed by atoms with Crippen LogP contribution in [0.3, 0.4) is 0 Å². The number of nitrogens with zero attached hydrogens (tertiary/aromatic N) is 1. The van der Waals surface area contributed by atoms with E-state index < -0.39 is 17.8 Å². The van der Waals surface area contributed by atoms with Gasteiger partial charge in [0.25, 0.3) is 5.91 Å². The minimum absolute atomic E-state index is 0.0750. The summed E-state index contributed by atoms with van der Waals surface area (Å²) in [5.41, 5.74) is 1.20. The van der Waals surface area contributed by atoms with Crippen LogP contribution in [-0.4, -0.2) is 35.9 Å². The van der Waals surface area contributed by atoms with E-state index in [0.717, 1.165) is 12.0 Å². The molecule has 34 heavy (non-hydrogen) atoms. The summed E-state index contributed by atoms with van der Waals surface area (Å²) in [6, 6.07) is 21.6. The third-order valence-corrected chi connectivity index (χ3v) is 5.62. The number of hydrogen-bond donors (Lipinski definition) is 1. The molecule has 1 N–H and O–H groups in total. The molecule has 0 aliphatic rings. The molecule has 0 aliphatic heterocycles. The molecule has 0 heterocycles. The van der Waals surface area contributed by atoms with E-state index in [2.05, 4.69) is 5.32 Å². The molecular weight excluding hydrogens is 455 g/mol. The summed E-state index contributed by atoms with van der Waals surface area (Å²) in [6.45, 7) is 2.01. The summed E-state index contributed by atoms with van der Waals surface area (Å²) in [7, 11) is 0. The van der Waals surface area contributed by atoms with Gasteiger partial charge in [-0.15, -0.1) is 0 Å². The number of halogens is 2. The smallest absolute Gasteiger partial charge is 0.261 e. The summed E-state index contributed by atoms with van der Waals surface area (Å²) >= 11 is 6.15. The zero-order valence-corrected chi connectivity index (χ0v) is 19.8. The van der Waals surface area contributed by atoms with Crippen LogP contribution >= 0.6 is 11.6 Å². The quantitative estimate of drug-likeness (QED) is 0.417. The van der Waals surface area contributed by atoms with Crippen LogP contribution in [0.1, 0.15) is 24.5 Å². The van der Waals surface area contributed by atoms with Crippen molar-refractivity contribution in [3.63, 3.8) is 0 Å². The first-order chi connectivity index (χ1) is 16.5. The fourth-order valence-corrected chi connectivity index (χ4v) is 3.70. The average Bonchev–Trinajstić information content (AvgIpc) is 2.85. The molecule has 2 amide bonds. The van der Waals surface area contributed by atoms with Crippen LogP contribution in [0.25, 0.3) is 0 Å². The number of carbonyl (C=O) groups excluding carboxylic acids is 2. The van der Waals surface area contributed by atoms with Crippen LogP contribution in [-0.2, 0) is 22.6 Å². The first kappa shape index (κ1) is 25.2. The predicted octanol–water partition coefficient (Wildman–Crippen LogP) is 5.02. The Morgan fingerprint density at radius 3 is 2.38 bits per heavy atom. The molecule has 3 aromatic carbocycles. The van der Waals surface area contributed by atoms with Gasteiger partial charge in [0.15, 0.2) is 6.61 Å². The van der Waals surface area contributed by atoms with Gasteiger partial charge in [-0.25, -0.2) is 4.39 Å². The number of amides is 2. The molecule has 0 fully saturated rings. The lowest BCUT2D eigenvalue weighted by atomic mass is 10.0. The van der Waals surface area contributed by atoms with Gasteiger partial charge in [-0.2, -0.15) is 0 Å². The zero-order valence-electron chi connectivity index (χ0n) is 19.0. The van der Waals surface area contributed by atoms with Gasteiger partial charge < -0.3 is 15.0 Å². The molecule has 3 aromatic rings. The normalized spacial score (nSPS) is 11.5. The second kappa shape index (κ2) is 12.8. The maximum absolute atomic E-state index is 14.5. The molecule has 0 saturated heterocycles. The third-order valence-electron chi connectivity index (χ3n) is 5.31. The van der Waals surface area contributed by atoms with Crippen molar-refractivity contribution in [2.75, 3.05) is 13.2 Å². The molecule has 1 atom stereocenters. The average molecular weight is 483 g/mol. The van der Waals surface area contributed by atoms with Crippen LogP contribution in [0.5, 0.6) is 5.75 Å². The number of para-hydroxylation sites is 1. The van der Waals surface area contributed by atoms with Crippen molar-refractivity contribution in [1.29, 1.82) is 0 Å². The molecule has 0 spiro atoms. The minimum Gasteiger partial charge on any atom is -0.482 e. The lowest BCUT2D eigenvalue weighted by molar-refractivity contribution is -0.142. The fraction of sp³-hybridized carbons (Fsp3) is 0.259. The summed E-state index contributed by atoms with van der Waals surface area (Å²) in [4.78, 5) is 28.0. The van der Waals surface area contributed by atoms with Crippen molar-refractivity contribution in [1.82, 2.24) is 10.2 Å². The van der Waals surface area contributed by atoms with Gasteiger partial charge in [-0.05, 0) is 30.2 Å². The van der Waals surface area contributed by atoms with Crippen molar-refractivity contribution < 1.29 is 18.7 Å². The van der Waals surface area contributed by atoms with Crippen LogP contribution in [0.4, 0.5) is 4.39 Å². The highest BCUT2D eigenvalue weighted by Crippen LogP contribution is 2.23. The van der Waals surface area contributed by atoms with Crippen LogP contribution < -0.4 is 10.1 Å². The van der Waals surface area contributed by atoms with Crippen molar-refractivity contribution in [2.45, 2.75) is 32.4 Å². The Morgan fingerprint density at radius 1 is 1.00 bits per heavy atom. The van der Waals surface area contributed by atoms with E-state index in [1.807, 2.05) is 37.3 Å². The number of carbonyl (C=O) groups is 2. The Labute approximate surface area is 204 Å². The van der Waals surface area contributed by atoms with E-state index >= 15 is 0 Å². The summed E-state index contributed by atoms with van der Waals surface area (Å²) < 4.78 is 20.2. The van der Waals surface area contributed by atoms with E-state index in [0.29, 0.717) is 22.9 Å². The summed E-state index contributed by atoms with van der Waals surface area (Å²) in [5, 5.41) is 3.26. The highest BCUT2D eigenvalue weighted by Gasteiger charge is 2.31. The molecule has 5 nitrogen and oxygen atoms in total. The highest BCUT2D eigenvalue weighted by molar-refractivity contribution is 6.32. The molecule has 0 unspecified atom stereocenters. The highest BCUT2D eigenvalue weighted by atomic mass is 35.5. The van der Waals surface area contributed by atoms with E-state index in [4.69, 9.17) is 16.3 Å². The number of benzene rings is 3. The number of nitrogens with one attached hydrogen (secondary N) is 1. The molecule has 0 bridgehead atoms. The van der Waals surface area contributed by atoms with E-state index in [1.54, 1.807) is 42.5 Å². The molecule has 3 rings (SSSR count). The summed E-state index contributed by atoms with van der Waals surface area (Å²) in [6.07, 6.45) is 1.03. The Bertz CT molecular complexity index is 1090. The minimum atomic E-state index is -0.851. The van der Waals surface area contributed by atoms with Crippen molar-refractivity contribution in [3.8, 4) is 5.75 Å². The van der Waals surface area contributed by atoms with Gasteiger partial charge in [-0.1, -0.05) is 79.2 Å². The van der Waals surface area contributed by atoms with Gasteiger partial charge >= 0.3 is 0 Å². The Balaban J connectivity index is 1.91. The largest absolute Gasteiger partial charge is 0.482 e. The third kappa shape index (κ3) is 7.06. The van der Waals surface area contributed by atoms with Crippen molar-refractivity contribution in [2.24, 2.45) is 0 Å². The van der Waals surface area contributed by atoms with Crippen LogP contribution in [0.15, 0.2) is 78.9 Å². The van der Waals surface area contributed by atoms with E-state index in [9.17, 15) is 14.0 Å². The topological polar surface area (TPSA) is 58.6 Å². The Kier molecular flexibility index (Phi) is 9.47.